The zero-order chi connectivity index (χ0) is 16.3. The van der Waals surface area contributed by atoms with E-state index in [4.69, 9.17) is 13.7 Å². The molecule has 5 nitrogen and oxygen atoms in total. The maximum Gasteiger partial charge on any atom is 0.340 e. The van der Waals surface area contributed by atoms with E-state index in [1.165, 1.54) is 26.4 Å². The van der Waals surface area contributed by atoms with Gasteiger partial charge >= 0.3 is 10.1 Å². The molecule has 118 valence electrons. The van der Waals surface area contributed by atoms with Gasteiger partial charge in [-0.3, -0.25) is 0 Å². The fourth-order valence-corrected chi connectivity index (χ4v) is 3.71. The number of ether oxygens (including phenoxy) is 2. The molecule has 0 amide bonds. The maximum absolute atomic E-state index is 12.4. The van der Waals surface area contributed by atoms with Crippen LogP contribution in [0.1, 0.15) is 5.56 Å². The molecule has 22 heavy (non-hydrogen) atoms. The summed E-state index contributed by atoms with van der Waals surface area (Å²) in [7, 11) is -1.09. The highest BCUT2D eigenvalue weighted by molar-refractivity contribution is 9.10. The number of aryl methyl sites for hydroxylation is 1. The Kier molecular flexibility index (Phi) is 4.97. The third-order valence-electron chi connectivity index (χ3n) is 2.93. The predicted molar refractivity (Wildman–Crippen MR) is 86.2 cm³/mol. The summed E-state index contributed by atoms with van der Waals surface area (Å²) in [6, 6.07) is 9.61. The molecule has 2 aromatic rings. The topological polar surface area (TPSA) is 61.8 Å². The van der Waals surface area contributed by atoms with Crippen molar-refractivity contribution in [2.24, 2.45) is 0 Å². The lowest BCUT2D eigenvalue weighted by Crippen LogP contribution is -2.11. The van der Waals surface area contributed by atoms with Crippen molar-refractivity contribution >= 4 is 26.0 Å². The second-order valence-corrected chi connectivity index (χ2v) is 6.86. The molecule has 7 heteroatoms. The Morgan fingerprint density at radius 2 is 1.50 bits per heavy atom. The normalized spacial score (nSPS) is 11.1. The molecular formula is C15H15BrO5S. The largest absolute Gasteiger partial charge is 0.493 e. The second-order valence-electron chi connectivity index (χ2n) is 4.49. The first-order chi connectivity index (χ1) is 10.4. The van der Waals surface area contributed by atoms with Gasteiger partial charge in [-0.15, -0.1) is 0 Å². The first-order valence-electron chi connectivity index (χ1n) is 6.30. The fraction of sp³-hybridized carbons (Fsp3) is 0.200. The molecule has 0 fully saturated rings. The van der Waals surface area contributed by atoms with Gasteiger partial charge in [0.15, 0.2) is 11.5 Å². The minimum absolute atomic E-state index is 0.0364. The summed E-state index contributed by atoms with van der Waals surface area (Å²) in [4.78, 5) is -0.0364. The van der Waals surface area contributed by atoms with E-state index in [1.54, 1.807) is 24.3 Å². The van der Waals surface area contributed by atoms with E-state index in [-0.39, 0.29) is 10.6 Å². The van der Waals surface area contributed by atoms with Crippen LogP contribution >= 0.6 is 15.9 Å². The van der Waals surface area contributed by atoms with Crippen molar-refractivity contribution in [3.8, 4) is 17.2 Å². The first-order valence-corrected chi connectivity index (χ1v) is 8.50. The summed E-state index contributed by atoms with van der Waals surface area (Å²) in [5, 5.41) is 0. The van der Waals surface area contributed by atoms with E-state index in [0.717, 1.165) is 5.56 Å². The van der Waals surface area contributed by atoms with Gasteiger partial charge in [-0.2, -0.15) is 8.42 Å². The summed E-state index contributed by atoms with van der Waals surface area (Å²) >= 11 is 3.22. The van der Waals surface area contributed by atoms with Crippen LogP contribution in [0.4, 0.5) is 0 Å². The highest BCUT2D eigenvalue weighted by Crippen LogP contribution is 2.36. The predicted octanol–water partition coefficient (Wildman–Crippen LogP) is 3.54. The Morgan fingerprint density at radius 3 is 2.05 bits per heavy atom. The van der Waals surface area contributed by atoms with Gasteiger partial charge in [0.05, 0.1) is 14.2 Å². The zero-order valence-corrected chi connectivity index (χ0v) is 14.7. The molecule has 0 aromatic heterocycles. The molecule has 0 saturated heterocycles. The van der Waals surface area contributed by atoms with Gasteiger partial charge < -0.3 is 13.7 Å². The molecule has 0 bridgehead atoms. The summed E-state index contributed by atoms with van der Waals surface area (Å²) in [5.41, 5.74) is 1.01. The summed E-state index contributed by atoms with van der Waals surface area (Å²) < 4.78 is 40.6. The molecule has 0 aliphatic carbocycles. The molecule has 0 aliphatic rings. The van der Waals surface area contributed by atoms with Crippen LogP contribution in [0.25, 0.3) is 0 Å². The molecule has 0 aliphatic heterocycles. The SMILES string of the molecule is COc1cc(Br)c(S(=O)(=O)Oc2ccc(C)cc2)cc1OC. The van der Waals surface area contributed by atoms with Crippen molar-refractivity contribution in [3.05, 3.63) is 46.4 Å². The Hall–Kier alpha value is -1.73. The van der Waals surface area contributed by atoms with Gasteiger partial charge in [0.1, 0.15) is 10.6 Å². The van der Waals surface area contributed by atoms with E-state index in [2.05, 4.69) is 15.9 Å². The molecule has 0 spiro atoms. The van der Waals surface area contributed by atoms with Crippen LogP contribution in [-0.4, -0.2) is 22.6 Å². The molecule has 0 saturated carbocycles. The molecule has 0 radical (unpaired) electrons. The lowest BCUT2D eigenvalue weighted by Gasteiger charge is -2.13. The highest BCUT2D eigenvalue weighted by atomic mass is 79.9. The third-order valence-corrected chi connectivity index (χ3v) is 5.14. The van der Waals surface area contributed by atoms with Crippen LogP contribution in [0, 0.1) is 6.92 Å². The van der Waals surface area contributed by atoms with E-state index < -0.39 is 10.1 Å². The molecule has 2 aromatic carbocycles. The van der Waals surface area contributed by atoms with Crippen molar-refractivity contribution in [1.29, 1.82) is 0 Å². The van der Waals surface area contributed by atoms with Crippen LogP contribution in [0.15, 0.2) is 45.8 Å². The van der Waals surface area contributed by atoms with Gasteiger partial charge in [0, 0.05) is 10.5 Å². The number of hydrogen-bond donors (Lipinski definition) is 0. The lowest BCUT2D eigenvalue weighted by atomic mass is 10.2. The number of benzene rings is 2. The van der Waals surface area contributed by atoms with Crippen molar-refractivity contribution < 1.29 is 22.1 Å². The monoisotopic (exact) mass is 386 g/mol. The average molecular weight is 387 g/mol. The van der Waals surface area contributed by atoms with Crippen LogP contribution in [0.3, 0.4) is 0 Å². The maximum atomic E-state index is 12.4. The molecular weight excluding hydrogens is 372 g/mol. The fourth-order valence-electron chi connectivity index (χ4n) is 1.79. The van der Waals surface area contributed by atoms with E-state index in [1.807, 2.05) is 6.92 Å². The quantitative estimate of drug-likeness (QED) is 0.735. The van der Waals surface area contributed by atoms with Crippen molar-refractivity contribution in [2.45, 2.75) is 11.8 Å². The van der Waals surface area contributed by atoms with Gasteiger partial charge in [-0.25, -0.2) is 0 Å². The Labute approximate surface area is 138 Å². The average Bonchev–Trinajstić information content (AvgIpc) is 2.48. The molecule has 2 rings (SSSR count). The van der Waals surface area contributed by atoms with Crippen molar-refractivity contribution in [1.82, 2.24) is 0 Å². The lowest BCUT2D eigenvalue weighted by molar-refractivity contribution is 0.353. The Morgan fingerprint density at radius 1 is 0.955 bits per heavy atom. The Balaban J connectivity index is 2.42. The van der Waals surface area contributed by atoms with E-state index in [0.29, 0.717) is 16.0 Å². The van der Waals surface area contributed by atoms with E-state index >= 15 is 0 Å². The van der Waals surface area contributed by atoms with Crippen LogP contribution in [-0.2, 0) is 10.1 Å². The summed E-state index contributed by atoms with van der Waals surface area (Å²) in [6.07, 6.45) is 0. The van der Waals surface area contributed by atoms with Gasteiger partial charge in [-0.1, -0.05) is 17.7 Å². The minimum Gasteiger partial charge on any atom is -0.493 e. The smallest absolute Gasteiger partial charge is 0.340 e. The molecule has 0 unspecified atom stereocenters. The Bertz CT molecular complexity index is 769. The second kappa shape index (κ2) is 6.58. The summed E-state index contributed by atoms with van der Waals surface area (Å²) in [6.45, 7) is 1.91. The highest BCUT2D eigenvalue weighted by Gasteiger charge is 2.23. The van der Waals surface area contributed by atoms with Crippen molar-refractivity contribution in [3.63, 3.8) is 0 Å². The van der Waals surface area contributed by atoms with E-state index in [9.17, 15) is 8.42 Å². The standard InChI is InChI=1S/C15H15BrO5S/c1-10-4-6-11(7-5-10)21-22(17,18)15-9-14(20-3)13(19-2)8-12(15)16/h4-9H,1-3H3. The first kappa shape index (κ1) is 16.6. The number of rotatable bonds is 5. The molecule has 0 atom stereocenters. The van der Waals surface area contributed by atoms with Crippen LogP contribution < -0.4 is 13.7 Å². The zero-order valence-electron chi connectivity index (χ0n) is 12.3. The van der Waals surface area contributed by atoms with Crippen LogP contribution in [0.5, 0.6) is 17.2 Å². The van der Waals surface area contributed by atoms with Gasteiger partial charge in [0.25, 0.3) is 0 Å². The number of halogens is 1. The van der Waals surface area contributed by atoms with Gasteiger partial charge in [-0.05, 0) is 41.1 Å². The summed E-state index contributed by atoms with van der Waals surface area (Å²) in [5.74, 6) is 0.965. The van der Waals surface area contributed by atoms with Crippen LogP contribution in [0.2, 0.25) is 0 Å². The van der Waals surface area contributed by atoms with Crippen molar-refractivity contribution in [2.75, 3.05) is 14.2 Å². The molecule has 0 N–H and O–H groups in total. The number of methoxy groups -OCH3 is 2. The minimum atomic E-state index is -4.00. The number of hydrogen-bond acceptors (Lipinski definition) is 5. The third kappa shape index (κ3) is 3.53. The van der Waals surface area contributed by atoms with Gasteiger partial charge in [0.2, 0.25) is 0 Å². The molecule has 0 heterocycles.